The lowest BCUT2D eigenvalue weighted by atomic mass is 9.99. The summed E-state index contributed by atoms with van der Waals surface area (Å²) in [5, 5.41) is 30.3. The molecule has 3 unspecified atom stereocenters. The van der Waals surface area contributed by atoms with E-state index in [1.807, 2.05) is 73.7 Å². The van der Waals surface area contributed by atoms with E-state index in [1.54, 1.807) is 28.6 Å². The van der Waals surface area contributed by atoms with Gasteiger partial charge < -0.3 is 19.9 Å². The van der Waals surface area contributed by atoms with E-state index in [1.165, 1.54) is 0 Å². The normalized spacial score (nSPS) is 18.0. The van der Waals surface area contributed by atoms with E-state index < -0.39 is 12.2 Å². The second-order valence-corrected chi connectivity index (χ2v) is 13.2. The molecule has 2 amide bonds. The highest BCUT2D eigenvalue weighted by Gasteiger charge is 2.32. The number of hydroxylamine groups is 1. The van der Waals surface area contributed by atoms with Gasteiger partial charge in [-0.15, -0.1) is 10.2 Å². The monoisotopic (exact) mass is 648 g/mol. The molecule has 1 fully saturated rings. The number of aryl methyl sites for hydroxylation is 1. The first-order chi connectivity index (χ1) is 21.9. The number of carbonyl (C=O) groups excluding carboxylic acids is 2. The number of aromatic nitrogens is 2. The fraction of sp³-hybridized carbons (Fsp3) is 0.333. The van der Waals surface area contributed by atoms with E-state index in [9.17, 15) is 14.7 Å². The molecule has 3 aromatic carbocycles. The number of aliphatic hydroxyl groups excluding tert-OH is 1. The van der Waals surface area contributed by atoms with Crippen LogP contribution in [0.15, 0.2) is 77.1 Å². The number of carbonyl (C=O) groups is 2. The van der Waals surface area contributed by atoms with Gasteiger partial charge in [0.25, 0.3) is 0 Å². The smallest absolute Gasteiger partial charge is 0.243 e. The number of thioether (sulfide) groups is 1. The summed E-state index contributed by atoms with van der Waals surface area (Å²) in [6.07, 6.45) is 0.459. The standard InChI is InChI=1S/C33H36N4O6S2/c1-21-35-36-33(45-21)44-20-28-17-29(24-13-11-22(19-38)12-14-24)43-32(42-28)27-8-3-7-26(16-27)25-6-2-5-23(15-25)18-34-30(39)9-4-10-31(40)37-41/h2-3,5-8,11-16,28-29,32,38,41H,4,9-10,17-20H2,1H3,(H,34,39)(H,37,40). The van der Waals surface area contributed by atoms with Gasteiger partial charge in [-0.1, -0.05) is 83.8 Å². The summed E-state index contributed by atoms with van der Waals surface area (Å²) in [6, 6.07) is 23.9. The Morgan fingerprint density at radius 3 is 2.42 bits per heavy atom. The van der Waals surface area contributed by atoms with Crippen LogP contribution in [0.25, 0.3) is 11.1 Å². The number of rotatable bonds is 13. The van der Waals surface area contributed by atoms with E-state index >= 15 is 0 Å². The molecule has 3 atom stereocenters. The maximum atomic E-state index is 12.2. The zero-order chi connectivity index (χ0) is 31.6. The lowest BCUT2D eigenvalue weighted by Crippen LogP contribution is -2.31. The molecule has 0 aliphatic carbocycles. The van der Waals surface area contributed by atoms with Crippen LogP contribution in [0.1, 0.15) is 65.3 Å². The second kappa shape index (κ2) is 16.1. The van der Waals surface area contributed by atoms with Crippen LogP contribution in [0.2, 0.25) is 0 Å². The Kier molecular flexibility index (Phi) is 11.7. The maximum Gasteiger partial charge on any atom is 0.243 e. The van der Waals surface area contributed by atoms with Gasteiger partial charge in [0.15, 0.2) is 10.6 Å². The van der Waals surface area contributed by atoms with E-state index in [4.69, 9.17) is 14.7 Å². The van der Waals surface area contributed by atoms with Gasteiger partial charge >= 0.3 is 0 Å². The highest BCUT2D eigenvalue weighted by atomic mass is 32.2. The quantitative estimate of drug-likeness (QED) is 0.0824. The van der Waals surface area contributed by atoms with Crippen LogP contribution in [0, 0.1) is 6.92 Å². The Hall–Kier alpha value is -3.65. The van der Waals surface area contributed by atoms with Crippen molar-refractivity contribution in [2.24, 2.45) is 0 Å². The van der Waals surface area contributed by atoms with Crippen LogP contribution >= 0.6 is 23.1 Å². The molecule has 45 heavy (non-hydrogen) atoms. The summed E-state index contributed by atoms with van der Waals surface area (Å²) in [4.78, 5) is 23.4. The number of benzene rings is 3. The number of nitrogens with one attached hydrogen (secondary N) is 2. The van der Waals surface area contributed by atoms with Crippen molar-refractivity contribution in [2.75, 3.05) is 5.75 Å². The summed E-state index contributed by atoms with van der Waals surface area (Å²) < 4.78 is 14.0. The largest absolute Gasteiger partial charge is 0.392 e. The van der Waals surface area contributed by atoms with Crippen LogP contribution < -0.4 is 10.8 Å². The molecule has 4 aromatic rings. The van der Waals surface area contributed by atoms with Gasteiger partial charge in [0.05, 0.1) is 18.8 Å². The van der Waals surface area contributed by atoms with Crippen molar-refractivity contribution in [1.82, 2.24) is 21.0 Å². The zero-order valence-corrected chi connectivity index (χ0v) is 26.5. The third-order valence-corrected chi connectivity index (χ3v) is 9.46. The molecule has 12 heteroatoms. The van der Waals surface area contributed by atoms with Gasteiger partial charge in [0, 0.05) is 37.1 Å². The van der Waals surface area contributed by atoms with Crippen molar-refractivity contribution in [3.05, 3.63) is 100 Å². The SMILES string of the molecule is Cc1nnc(SCC2CC(c3ccc(CO)cc3)OC(c3cccc(-c4cccc(CNC(=O)CCCC(=O)NO)c4)c3)O2)s1. The Morgan fingerprint density at radius 1 is 0.933 bits per heavy atom. The number of nitrogens with zero attached hydrogens (tertiary/aromatic N) is 2. The van der Waals surface area contributed by atoms with Gasteiger partial charge in [-0.05, 0) is 53.3 Å². The van der Waals surface area contributed by atoms with E-state index in [2.05, 4.69) is 21.6 Å². The molecule has 0 saturated carbocycles. The molecule has 0 spiro atoms. The fourth-order valence-electron chi connectivity index (χ4n) is 5.00. The Balaban J connectivity index is 1.28. The average molecular weight is 649 g/mol. The molecule has 1 saturated heterocycles. The van der Waals surface area contributed by atoms with Crippen molar-refractivity contribution < 1.29 is 29.4 Å². The first-order valence-electron chi connectivity index (χ1n) is 14.7. The minimum absolute atomic E-state index is 0.00998. The van der Waals surface area contributed by atoms with E-state index in [0.717, 1.165) is 42.7 Å². The van der Waals surface area contributed by atoms with Crippen LogP contribution in [-0.4, -0.2) is 44.2 Å². The van der Waals surface area contributed by atoms with Crippen molar-refractivity contribution in [3.8, 4) is 11.1 Å². The van der Waals surface area contributed by atoms with Crippen LogP contribution in [0.3, 0.4) is 0 Å². The molecular formula is C33H36N4O6S2. The summed E-state index contributed by atoms with van der Waals surface area (Å²) >= 11 is 3.21. The van der Waals surface area contributed by atoms with Gasteiger partial charge in [0.1, 0.15) is 5.01 Å². The van der Waals surface area contributed by atoms with E-state index in [-0.39, 0.29) is 37.6 Å². The molecular weight excluding hydrogens is 613 g/mol. The molecule has 10 nitrogen and oxygen atoms in total. The van der Waals surface area contributed by atoms with Gasteiger partial charge in [-0.25, -0.2) is 5.48 Å². The summed E-state index contributed by atoms with van der Waals surface area (Å²) in [6.45, 7) is 2.29. The van der Waals surface area contributed by atoms with Crippen LogP contribution in [-0.2, 0) is 32.2 Å². The minimum atomic E-state index is -0.585. The van der Waals surface area contributed by atoms with Crippen molar-refractivity contribution in [3.63, 3.8) is 0 Å². The lowest BCUT2D eigenvalue weighted by molar-refractivity contribution is -0.245. The number of hydrogen-bond donors (Lipinski definition) is 4. The molecule has 1 aliphatic heterocycles. The highest BCUT2D eigenvalue weighted by Crippen LogP contribution is 2.40. The van der Waals surface area contributed by atoms with Crippen molar-refractivity contribution >= 4 is 34.9 Å². The first kappa shape index (κ1) is 32.7. The Morgan fingerprint density at radius 2 is 1.69 bits per heavy atom. The maximum absolute atomic E-state index is 12.2. The van der Waals surface area contributed by atoms with Crippen LogP contribution in [0.4, 0.5) is 0 Å². The molecule has 236 valence electrons. The lowest BCUT2D eigenvalue weighted by Gasteiger charge is -2.36. The second-order valence-electron chi connectivity index (χ2n) is 10.7. The number of hydrogen-bond acceptors (Lipinski definition) is 10. The number of ether oxygens (including phenoxy) is 2. The highest BCUT2D eigenvalue weighted by molar-refractivity contribution is 8.01. The summed E-state index contributed by atoms with van der Waals surface area (Å²) in [7, 11) is 0. The van der Waals surface area contributed by atoms with Crippen molar-refractivity contribution in [2.45, 2.75) is 68.6 Å². The molecule has 0 radical (unpaired) electrons. The third kappa shape index (κ3) is 9.42. The van der Waals surface area contributed by atoms with Crippen LogP contribution in [0.5, 0.6) is 0 Å². The molecule has 5 rings (SSSR count). The predicted octanol–water partition coefficient (Wildman–Crippen LogP) is 5.64. The number of amides is 2. The molecule has 0 bridgehead atoms. The average Bonchev–Trinajstić information content (AvgIpc) is 3.51. The predicted molar refractivity (Wildman–Crippen MR) is 171 cm³/mol. The molecule has 2 heterocycles. The van der Waals surface area contributed by atoms with Gasteiger partial charge in [-0.3, -0.25) is 14.8 Å². The Labute approximate surface area is 270 Å². The van der Waals surface area contributed by atoms with Crippen molar-refractivity contribution in [1.29, 1.82) is 0 Å². The Bertz CT molecular complexity index is 1580. The van der Waals surface area contributed by atoms with E-state index in [0.29, 0.717) is 25.1 Å². The molecule has 1 aromatic heterocycles. The molecule has 4 N–H and O–H groups in total. The first-order valence-corrected chi connectivity index (χ1v) is 16.5. The van der Waals surface area contributed by atoms with Gasteiger partial charge in [-0.2, -0.15) is 0 Å². The molecule has 1 aliphatic rings. The fourth-order valence-corrected chi connectivity index (χ4v) is 6.86. The summed E-state index contributed by atoms with van der Waals surface area (Å²) in [5.41, 5.74) is 7.29. The minimum Gasteiger partial charge on any atom is -0.392 e. The third-order valence-electron chi connectivity index (χ3n) is 7.36. The summed E-state index contributed by atoms with van der Waals surface area (Å²) in [5.74, 6) is 0.0443. The zero-order valence-electron chi connectivity index (χ0n) is 24.8. The number of aliphatic hydroxyl groups is 1. The topological polar surface area (TPSA) is 143 Å². The van der Waals surface area contributed by atoms with Gasteiger partial charge in [0.2, 0.25) is 11.8 Å².